The second kappa shape index (κ2) is 32.5. The Morgan fingerprint density at radius 2 is 1.21 bits per heavy atom. The van der Waals surface area contributed by atoms with Crippen LogP contribution in [0.5, 0.6) is 5.75 Å². The third-order valence-corrected chi connectivity index (χ3v) is 21.5. The number of aromatic hydroxyl groups is 1. The van der Waals surface area contributed by atoms with Gasteiger partial charge in [0.25, 0.3) is 0 Å². The Labute approximate surface area is 600 Å². The minimum atomic E-state index is -5.36. The maximum atomic E-state index is 14.3. The molecule has 0 radical (unpaired) electrons. The van der Waals surface area contributed by atoms with Crippen molar-refractivity contribution in [3.63, 3.8) is 0 Å². The molecule has 5 aromatic carbocycles. The molecule has 0 aliphatic carbocycles. The van der Waals surface area contributed by atoms with Crippen molar-refractivity contribution in [1.29, 1.82) is 0 Å². The van der Waals surface area contributed by atoms with Gasteiger partial charge in [-0.2, -0.15) is 4.58 Å². The van der Waals surface area contributed by atoms with E-state index in [1.807, 2.05) is 16.4 Å². The molecule has 0 bridgehead atoms. The van der Waals surface area contributed by atoms with E-state index in [9.17, 15) is 95.7 Å². The molecule has 1 saturated heterocycles. The summed E-state index contributed by atoms with van der Waals surface area (Å²) in [7, 11) is -21.2. The summed E-state index contributed by atoms with van der Waals surface area (Å²) in [4.78, 5) is 96.3. The molecule has 8 rings (SSSR count). The zero-order valence-electron chi connectivity index (χ0n) is 57.2. The molecule has 3 aliphatic heterocycles. The number of carboxylic acid groups (broad SMARTS) is 1. The van der Waals surface area contributed by atoms with E-state index >= 15 is 0 Å². The number of guanidine groups is 1. The van der Waals surface area contributed by atoms with Gasteiger partial charge in [0.1, 0.15) is 76.9 Å². The van der Waals surface area contributed by atoms with Gasteiger partial charge in [-0.1, -0.05) is 50.3 Å². The molecule has 6 amide bonds. The summed E-state index contributed by atoms with van der Waals surface area (Å²) in [6.07, 6.45) is 9.26. The van der Waals surface area contributed by atoms with Crippen LogP contribution in [-0.4, -0.2) is 177 Å². The number of nitrogens with two attached hydrogens (primary N) is 2. The Hall–Kier alpha value is -9.69. The number of hydrogen-bond donors (Lipinski definition) is 10. The normalized spacial score (nSPS) is 19.5. The Kier molecular flexibility index (Phi) is 25.0. The predicted molar refractivity (Wildman–Crippen MR) is 375 cm³/mol. The summed E-state index contributed by atoms with van der Waals surface area (Å²) in [6, 6.07) is 8.79. The maximum absolute atomic E-state index is 14.3. The first-order valence-electron chi connectivity index (χ1n) is 33.0. The highest BCUT2D eigenvalue weighted by molar-refractivity contribution is 7.87. The number of phenolic OH excluding ortho intramolecular Hbond substituents is 1. The molecule has 0 aromatic heterocycles. The summed E-state index contributed by atoms with van der Waals surface area (Å²) in [5.41, 5.74) is 12.4. The van der Waals surface area contributed by atoms with Crippen LogP contribution in [0, 0.1) is 0 Å². The van der Waals surface area contributed by atoms with Gasteiger partial charge < -0.3 is 76.7 Å². The van der Waals surface area contributed by atoms with Crippen LogP contribution in [0.2, 0.25) is 0 Å². The third-order valence-electron chi connectivity index (χ3n) is 18.2. The molecule has 0 saturated carbocycles. The summed E-state index contributed by atoms with van der Waals surface area (Å²) >= 11 is 0. The fraction of sp³-hybridized carbons (Fsp3) is 0.397. The van der Waals surface area contributed by atoms with E-state index in [0.29, 0.717) is 77.4 Å². The lowest BCUT2D eigenvalue weighted by molar-refractivity contribution is -0.438. The van der Waals surface area contributed by atoms with Crippen molar-refractivity contribution in [3.8, 4) is 5.75 Å². The number of carbonyl (C=O) groups is 7. The molecule has 3 heterocycles. The van der Waals surface area contributed by atoms with E-state index in [1.54, 1.807) is 70.2 Å². The Morgan fingerprint density at radius 3 is 1.80 bits per heavy atom. The van der Waals surface area contributed by atoms with Crippen LogP contribution >= 0.6 is 0 Å². The number of phenols is 1. The molecule has 32 nitrogen and oxygen atoms in total. The number of fused-ring (bicyclic) bond motifs is 6. The molecule has 3 aliphatic rings. The predicted octanol–water partition coefficient (Wildman–Crippen LogP) is 2.19. The van der Waals surface area contributed by atoms with Gasteiger partial charge in [0.2, 0.25) is 41.1 Å². The first-order chi connectivity index (χ1) is 48.6. The van der Waals surface area contributed by atoms with Crippen LogP contribution in [0.3, 0.4) is 0 Å². The van der Waals surface area contributed by atoms with Crippen molar-refractivity contribution in [3.05, 3.63) is 126 Å². The molecule has 36 heteroatoms. The largest absolute Gasteiger partial charge is 0.744 e. The number of aliphatic carboxylic acids is 1. The van der Waals surface area contributed by atoms with Crippen molar-refractivity contribution >= 4 is 126 Å². The number of unbranched alkanes of at least 4 members (excludes halogenated alkanes) is 3. The Morgan fingerprint density at radius 1 is 0.644 bits per heavy atom. The number of nitrogens with one attached hydrogen (secondary N) is 6. The third kappa shape index (κ3) is 19.2. The molecule has 560 valence electrons. The van der Waals surface area contributed by atoms with E-state index in [4.69, 9.17) is 11.5 Å². The molecular formula is C68H80N11O21S4-3. The lowest BCUT2D eigenvalue weighted by atomic mass is 9.79. The molecule has 5 aromatic rings. The number of likely N-dealkylation sites (N-methyl/N-ethyl adjacent to an activating group) is 1. The SMILES string of the molecule is CCN1\C(=C/C=C/C=C/C2=[N+](CCCCCC(=O)NCCCC[C@@H]3NC(=O)[C@@H](Cc4ccc(O)cc4)NC(=O)[C@H](CC(=O)O)NC(=O)CNC(=O)[C@H](CCCN=C(N)N)NC3=O)c3ccc4c(S(=O)(=O)[O-])cc(S(=O)(=O)[O-])cc4c3C2(C)C)C(C)(C)c2c1ccc1c(S(=O)(=O)[O-])cc(S(=O)(=O)[O-])cc21. The molecule has 12 N–H and O–H groups in total. The summed E-state index contributed by atoms with van der Waals surface area (Å²) in [5, 5.41) is 34.7. The maximum Gasteiger partial charge on any atom is 0.305 e. The van der Waals surface area contributed by atoms with E-state index < -0.39 is 144 Å². The minimum Gasteiger partial charge on any atom is -0.744 e. The second-order valence-corrected chi connectivity index (χ2v) is 31.6. The van der Waals surface area contributed by atoms with Crippen molar-refractivity contribution in [2.45, 2.75) is 160 Å². The number of carbonyl (C=O) groups excluding carboxylic acids is 6. The summed E-state index contributed by atoms with van der Waals surface area (Å²) in [6.45, 7) is 9.06. The summed E-state index contributed by atoms with van der Waals surface area (Å²) < 4.78 is 152. The lowest BCUT2D eigenvalue weighted by Crippen LogP contribution is -2.58. The highest BCUT2D eigenvalue weighted by Crippen LogP contribution is 2.52. The van der Waals surface area contributed by atoms with Crippen LogP contribution in [0.4, 0.5) is 11.4 Å². The van der Waals surface area contributed by atoms with E-state index in [-0.39, 0.29) is 104 Å². The van der Waals surface area contributed by atoms with Gasteiger partial charge >= 0.3 is 5.97 Å². The number of amides is 6. The average molecular weight is 1520 g/mol. The quantitative estimate of drug-likeness (QED) is 0.00899. The van der Waals surface area contributed by atoms with Gasteiger partial charge in [-0.3, -0.25) is 38.6 Å². The number of nitrogens with zero attached hydrogens (tertiary/aromatic N) is 3. The minimum absolute atomic E-state index is 0.0157. The van der Waals surface area contributed by atoms with Crippen LogP contribution in [0.25, 0.3) is 21.5 Å². The summed E-state index contributed by atoms with van der Waals surface area (Å²) in [5.74, 6) is -6.79. The fourth-order valence-electron chi connectivity index (χ4n) is 13.3. The molecule has 0 unspecified atom stereocenters. The Balaban J connectivity index is 0.991. The van der Waals surface area contributed by atoms with E-state index in [1.165, 1.54) is 36.4 Å². The van der Waals surface area contributed by atoms with Crippen LogP contribution in [0.1, 0.15) is 116 Å². The number of rotatable bonds is 27. The smallest absolute Gasteiger partial charge is 0.305 e. The van der Waals surface area contributed by atoms with Crippen LogP contribution < -0.4 is 48.3 Å². The van der Waals surface area contributed by atoms with Gasteiger partial charge in [-0.25, -0.2) is 33.7 Å². The molecular weight excluding hydrogens is 1440 g/mol. The van der Waals surface area contributed by atoms with Crippen LogP contribution in [0.15, 0.2) is 133 Å². The van der Waals surface area contributed by atoms with Gasteiger partial charge in [0.05, 0.1) is 38.0 Å². The van der Waals surface area contributed by atoms with Crippen molar-refractivity contribution in [2.24, 2.45) is 16.5 Å². The van der Waals surface area contributed by atoms with Gasteiger partial charge in [-0.15, -0.1) is 0 Å². The molecule has 1 fully saturated rings. The van der Waals surface area contributed by atoms with Gasteiger partial charge in [0.15, 0.2) is 11.7 Å². The highest BCUT2D eigenvalue weighted by Gasteiger charge is 2.46. The van der Waals surface area contributed by atoms with Gasteiger partial charge in [0, 0.05) is 78.8 Å². The first-order valence-corrected chi connectivity index (χ1v) is 38.6. The van der Waals surface area contributed by atoms with Gasteiger partial charge in [-0.05, 0) is 148 Å². The monoisotopic (exact) mass is 1510 g/mol. The number of hydrogen-bond acceptors (Lipinski definition) is 22. The van der Waals surface area contributed by atoms with Crippen molar-refractivity contribution in [1.82, 2.24) is 31.9 Å². The van der Waals surface area contributed by atoms with Crippen molar-refractivity contribution < 1.29 is 100 Å². The Bertz CT molecular complexity index is 4900. The average Bonchev–Trinajstić information content (AvgIpc) is 1.38. The van der Waals surface area contributed by atoms with E-state index in [2.05, 4.69) is 36.9 Å². The molecule has 104 heavy (non-hydrogen) atoms. The number of benzene rings is 5. The number of aliphatic imine (C=N–C) groups is 1. The zero-order valence-corrected chi connectivity index (χ0v) is 60.5. The van der Waals surface area contributed by atoms with E-state index in [0.717, 1.165) is 12.1 Å². The highest BCUT2D eigenvalue weighted by atomic mass is 32.2. The number of anilines is 1. The first kappa shape index (κ1) is 80.0. The standard InChI is InChI=1S/C68H83N11O21S4/c1-6-78-51-27-25-43-45(33-41(101(89,90)91)35-53(43)103(95,96)97)60(51)67(2,3)55(78)18-9-7-10-19-56-68(4,5)61-46-34-42(102(92,93)94)36-54(104(98,99)100)44(46)26-28-52(61)79(56)31-14-8-11-20-57(81)71-29-13-12-16-48-63(86)75-47(17-15-30-72-66(69)70)62(85)73-38-58(82)74-50(37-59(83)84)65(88)77-49(64(87)76-48)32-39-21-23-40(80)24-22-39/h7,9-10,18-19,21-28,33-36,47-50H,6,8,11-17,20,29-32,37-38H2,1-5H3,(H15-,69,70,71,72,73,74,75,76,77,80,81,82,83,84,85,86,87,88,89,90,91,92,93,94,95,96,97,98,99,100)/p-3/t47-,48-,49+,50-/m0/s1. The lowest BCUT2D eigenvalue weighted by Gasteiger charge is -2.26. The molecule has 0 spiro atoms. The number of carboxylic acids is 1. The second-order valence-electron chi connectivity index (χ2n) is 26.2. The topological polar surface area (TPSA) is 532 Å². The van der Waals surface area contributed by atoms with Crippen LogP contribution in [-0.2, 0) is 91.3 Å². The fourth-order valence-corrected chi connectivity index (χ4v) is 15.9. The zero-order chi connectivity index (χ0) is 76.6. The number of allylic oxidation sites excluding steroid dienone is 6. The van der Waals surface area contributed by atoms with Crippen molar-refractivity contribution in [2.75, 3.05) is 37.6 Å². The molecule has 4 atom stereocenters.